The normalized spacial score (nSPS) is 13.0. The fourth-order valence-electron chi connectivity index (χ4n) is 2.31. The zero-order valence-electron chi connectivity index (χ0n) is 12.8. The number of methoxy groups -OCH3 is 2. The van der Waals surface area contributed by atoms with Crippen molar-refractivity contribution in [3.8, 4) is 17.6 Å². The van der Waals surface area contributed by atoms with Crippen LogP contribution in [0.4, 0.5) is 5.69 Å². The predicted octanol–water partition coefficient (Wildman–Crippen LogP) is 0.864. The van der Waals surface area contributed by atoms with Gasteiger partial charge in [0.1, 0.15) is 18.2 Å². The molecule has 0 saturated carbocycles. The van der Waals surface area contributed by atoms with Crippen molar-refractivity contribution in [2.45, 2.75) is 6.61 Å². The van der Waals surface area contributed by atoms with Gasteiger partial charge >= 0.3 is 5.97 Å². The van der Waals surface area contributed by atoms with Gasteiger partial charge in [-0.1, -0.05) is 0 Å². The molecule has 0 bridgehead atoms. The van der Waals surface area contributed by atoms with Crippen molar-refractivity contribution >= 4 is 17.2 Å². The molecule has 0 amide bonds. The van der Waals surface area contributed by atoms with E-state index in [4.69, 9.17) is 14.2 Å². The zero-order valence-corrected chi connectivity index (χ0v) is 12.8. The van der Waals surface area contributed by atoms with Crippen molar-refractivity contribution in [2.75, 3.05) is 19.5 Å². The van der Waals surface area contributed by atoms with Crippen LogP contribution in [0, 0.1) is 11.3 Å². The smallest absolute Gasteiger partial charge is 0.341 e. The number of aromatic amines is 1. The number of cyclic esters (lactones) is 1. The minimum Gasteiger partial charge on any atom is -0.493 e. The van der Waals surface area contributed by atoms with E-state index in [9.17, 15) is 10.1 Å². The fraction of sp³-hybridized carbons (Fsp3) is 0.214. The number of benzene rings is 1. The molecule has 122 valence electrons. The number of H-pyrrole nitrogens is 1. The second-order valence-electron chi connectivity index (χ2n) is 4.65. The van der Waals surface area contributed by atoms with Crippen LogP contribution < -0.4 is 14.8 Å². The van der Waals surface area contributed by atoms with E-state index in [0.29, 0.717) is 28.3 Å². The van der Waals surface area contributed by atoms with Crippen LogP contribution in [0.25, 0.3) is 5.57 Å². The third-order valence-electron chi connectivity index (χ3n) is 3.38. The Morgan fingerprint density at radius 1 is 1.50 bits per heavy atom. The van der Waals surface area contributed by atoms with Gasteiger partial charge in [0, 0.05) is 11.8 Å². The number of anilines is 1. The Morgan fingerprint density at radius 2 is 2.33 bits per heavy atom. The van der Waals surface area contributed by atoms with Crippen molar-refractivity contribution in [3.05, 3.63) is 29.2 Å². The molecule has 2 N–H and O–H groups in total. The van der Waals surface area contributed by atoms with Crippen LogP contribution in [0.2, 0.25) is 0 Å². The Kier molecular flexibility index (Phi) is 3.98. The molecular weight excluding hydrogens is 316 g/mol. The van der Waals surface area contributed by atoms with Crippen molar-refractivity contribution in [2.24, 2.45) is 0 Å². The molecule has 2 aromatic rings. The summed E-state index contributed by atoms with van der Waals surface area (Å²) in [6, 6.07) is 3.62. The molecule has 2 heterocycles. The Morgan fingerprint density at radius 3 is 2.96 bits per heavy atom. The zero-order chi connectivity index (χ0) is 17.1. The molecular formula is C14H12N6O4. The minimum atomic E-state index is -0.486. The molecule has 0 spiro atoms. The summed E-state index contributed by atoms with van der Waals surface area (Å²) in [5.41, 5.74) is 1.44. The van der Waals surface area contributed by atoms with Gasteiger partial charge in [-0.2, -0.15) is 10.5 Å². The number of nitriles is 1. The molecule has 0 radical (unpaired) electrons. The summed E-state index contributed by atoms with van der Waals surface area (Å²) >= 11 is 0. The molecule has 0 atom stereocenters. The van der Waals surface area contributed by atoms with Crippen LogP contribution in [0.3, 0.4) is 0 Å². The van der Waals surface area contributed by atoms with Crippen molar-refractivity contribution < 1.29 is 19.0 Å². The molecule has 1 aromatic carbocycles. The first-order valence-corrected chi connectivity index (χ1v) is 6.75. The second-order valence-corrected chi connectivity index (χ2v) is 4.65. The van der Waals surface area contributed by atoms with Gasteiger partial charge in [0.2, 0.25) is 5.82 Å². The molecule has 10 nitrogen and oxygen atoms in total. The number of allylic oxidation sites excluding steroid dienone is 1. The van der Waals surface area contributed by atoms with Crippen LogP contribution in [0.5, 0.6) is 11.5 Å². The van der Waals surface area contributed by atoms with E-state index in [-0.39, 0.29) is 18.0 Å². The molecule has 0 aliphatic carbocycles. The molecule has 24 heavy (non-hydrogen) atoms. The standard InChI is InChI=1S/C14H12N6O4/c1-22-9-3-7-6-24-14(21)10(7)11(12(9)23-2)16-5-8(4-15)13-17-19-20-18-13/h3,5,16H,6H2,1-2H3,(H,17,18,19,20). The number of hydrogen-bond donors (Lipinski definition) is 2. The summed E-state index contributed by atoms with van der Waals surface area (Å²) in [5, 5.41) is 25.3. The second kappa shape index (κ2) is 6.25. The number of aromatic nitrogens is 4. The summed E-state index contributed by atoms with van der Waals surface area (Å²) in [4.78, 5) is 12.0. The highest BCUT2D eigenvalue weighted by Gasteiger charge is 2.30. The lowest BCUT2D eigenvalue weighted by Gasteiger charge is -2.15. The van der Waals surface area contributed by atoms with Gasteiger partial charge < -0.3 is 19.5 Å². The summed E-state index contributed by atoms with van der Waals surface area (Å²) in [5.74, 6) is 0.381. The predicted molar refractivity (Wildman–Crippen MR) is 80.1 cm³/mol. The van der Waals surface area contributed by atoms with Crippen molar-refractivity contribution in [1.29, 1.82) is 5.26 Å². The lowest BCUT2D eigenvalue weighted by atomic mass is 10.1. The lowest BCUT2D eigenvalue weighted by molar-refractivity contribution is 0.0535. The van der Waals surface area contributed by atoms with Gasteiger partial charge in [0.05, 0.1) is 25.5 Å². The van der Waals surface area contributed by atoms with Crippen molar-refractivity contribution in [3.63, 3.8) is 0 Å². The monoisotopic (exact) mass is 328 g/mol. The quantitative estimate of drug-likeness (QED) is 0.605. The number of tetrazole rings is 1. The van der Waals surface area contributed by atoms with Gasteiger partial charge in [-0.25, -0.2) is 4.79 Å². The number of hydrogen-bond acceptors (Lipinski definition) is 9. The fourth-order valence-corrected chi connectivity index (χ4v) is 2.31. The third kappa shape index (κ3) is 2.48. The molecule has 1 aromatic heterocycles. The average molecular weight is 328 g/mol. The number of rotatable bonds is 5. The van der Waals surface area contributed by atoms with E-state index in [0.717, 1.165) is 0 Å². The van der Waals surface area contributed by atoms with Crippen LogP contribution in [0.15, 0.2) is 12.3 Å². The third-order valence-corrected chi connectivity index (χ3v) is 3.38. The van der Waals surface area contributed by atoms with Gasteiger partial charge in [-0.3, -0.25) is 0 Å². The summed E-state index contributed by atoms with van der Waals surface area (Å²) in [6.07, 6.45) is 1.36. The molecule has 3 rings (SSSR count). The van der Waals surface area contributed by atoms with E-state index in [1.807, 2.05) is 6.07 Å². The highest BCUT2D eigenvalue weighted by molar-refractivity contribution is 6.02. The van der Waals surface area contributed by atoms with E-state index in [1.54, 1.807) is 6.07 Å². The average Bonchev–Trinajstić information content (AvgIpc) is 3.25. The number of nitrogens with one attached hydrogen (secondary N) is 2. The largest absolute Gasteiger partial charge is 0.493 e. The Labute approximate surface area is 136 Å². The molecule has 0 saturated heterocycles. The number of carbonyl (C=O) groups excluding carboxylic acids is 1. The highest BCUT2D eigenvalue weighted by atomic mass is 16.5. The Balaban J connectivity index is 2.08. The molecule has 0 unspecified atom stereocenters. The maximum absolute atomic E-state index is 12.0. The summed E-state index contributed by atoms with van der Waals surface area (Å²) < 4.78 is 15.7. The molecule has 1 aliphatic rings. The number of carbonyl (C=O) groups is 1. The summed E-state index contributed by atoms with van der Waals surface area (Å²) in [6.45, 7) is 0.142. The van der Waals surface area contributed by atoms with E-state index in [1.165, 1.54) is 20.4 Å². The summed E-state index contributed by atoms with van der Waals surface area (Å²) in [7, 11) is 2.94. The maximum Gasteiger partial charge on any atom is 0.341 e. The number of esters is 1. The van der Waals surface area contributed by atoms with Crippen LogP contribution in [-0.4, -0.2) is 40.8 Å². The van der Waals surface area contributed by atoms with Crippen LogP contribution >= 0.6 is 0 Å². The minimum absolute atomic E-state index is 0.117. The topological polar surface area (TPSA) is 135 Å². The van der Waals surface area contributed by atoms with Gasteiger partial charge in [0.25, 0.3) is 0 Å². The Bertz CT molecular complexity index is 853. The van der Waals surface area contributed by atoms with E-state index < -0.39 is 5.97 Å². The first-order valence-electron chi connectivity index (χ1n) is 6.75. The first kappa shape index (κ1) is 15.3. The van der Waals surface area contributed by atoms with Crippen molar-refractivity contribution in [1.82, 2.24) is 20.6 Å². The maximum atomic E-state index is 12.0. The molecule has 1 aliphatic heterocycles. The highest BCUT2D eigenvalue weighted by Crippen LogP contribution is 2.43. The van der Waals surface area contributed by atoms with E-state index in [2.05, 4.69) is 25.9 Å². The van der Waals surface area contributed by atoms with Crippen LogP contribution in [0.1, 0.15) is 21.7 Å². The van der Waals surface area contributed by atoms with Gasteiger partial charge in [0.15, 0.2) is 11.5 Å². The number of fused-ring (bicyclic) bond motifs is 1. The SMILES string of the molecule is COc1cc2c(c(NC=C(C#N)c3nn[nH]n3)c1OC)C(=O)OC2. The van der Waals surface area contributed by atoms with Crippen LogP contribution in [-0.2, 0) is 11.3 Å². The Hall–Kier alpha value is -3.61. The first-order chi connectivity index (χ1) is 11.7. The van der Waals surface area contributed by atoms with E-state index >= 15 is 0 Å². The molecule has 0 fully saturated rings. The number of nitrogens with zero attached hydrogens (tertiary/aromatic N) is 4. The van der Waals surface area contributed by atoms with Gasteiger partial charge in [-0.15, -0.1) is 10.2 Å². The number of ether oxygens (including phenoxy) is 3. The molecule has 10 heteroatoms. The van der Waals surface area contributed by atoms with Gasteiger partial charge in [-0.05, 0) is 11.3 Å². The lowest BCUT2D eigenvalue weighted by Crippen LogP contribution is -2.05.